The Balaban J connectivity index is 3.36. The number of carbonyl (C=O) groups is 2. The summed E-state index contributed by atoms with van der Waals surface area (Å²) >= 11 is 0. The van der Waals surface area contributed by atoms with Crippen molar-refractivity contribution in [2.75, 3.05) is 0 Å². The van der Waals surface area contributed by atoms with Gasteiger partial charge in [0.2, 0.25) is 0 Å². The van der Waals surface area contributed by atoms with E-state index in [0.29, 0.717) is 0 Å². The molecule has 0 radical (unpaired) electrons. The first-order valence-corrected chi connectivity index (χ1v) is 4.31. The zero-order valence-electron chi connectivity index (χ0n) is 8.28. The Morgan fingerprint density at radius 2 is 2.06 bits per heavy atom. The van der Waals surface area contributed by atoms with E-state index in [1.165, 1.54) is 6.08 Å². The van der Waals surface area contributed by atoms with Crippen LogP contribution < -0.4 is 0 Å². The summed E-state index contributed by atoms with van der Waals surface area (Å²) in [6, 6.07) is 0. The lowest BCUT2D eigenvalue weighted by molar-refractivity contribution is -0.440. The zero-order chi connectivity index (χ0) is 12.5. The smallest absolute Gasteiger partial charge is 0.321 e. The third-order valence-corrected chi connectivity index (χ3v) is 2.62. The summed E-state index contributed by atoms with van der Waals surface area (Å²) in [6.45, 7) is 1.03. The molecule has 7 nitrogen and oxygen atoms in total. The van der Waals surface area contributed by atoms with Crippen LogP contribution in [0.5, 0.6) is 0 Å². The monoisotopic (exact) mass is 227 g/mol. The minimum atomic E-state index is -2.05. The van der Waals surface area contributed by atoms with Crippen LogP contribution in [0, 0.1) is 21.4 Å². The molecule has 0 aromatic rings. The summed E-state index contributed by atoms with van der Waals surface area (Å²) in [5, 5.41) is 28.5. The molecule has 0 aromatic carbocycles. The molecular weight excluding hydrogens is 218 g/mol. The van der Waals surface area contributed by atoms with Gasteiger partial charge in [-0.1, -0.05) is 12.2 Å². The van der Waals surface area contributed by atoms with Gasteiger partial charge in [0.25, 0.3) is 5.70 Å². The van der Waals surface area contributed by atoms with Gasteiger partial charge >= 0.3 is 11.9 Å². The van der Waals surface area contributed by atoms with Crippen LogP contribution in [0.4, 0.5) is 0 Å². The van der Waals surface area contributed by atoms with Crippen LogP contribution >= 0.6 is 0 Å². The van der Waals surface area contributed by atoms with Crippen LogP contribution in [-0.2, 0) is 9.59 Å². The van der Waals surface area contributed by atoms with Crippen molar-refractivity contribution >= 4 is 11.9 Å². The molecule has 86 valence electrons. The molecule has 0 saturated carbocycles. The second kappa shape index (κ2) is 3.76. The molecule has 2 unspecified atom stereocenters. The highest BCUT2D eigenvalue weighted by molar-refractivity contribution is 5.87. The van der Waals surface area contributed by atoms with E-state index >= 15 is 0 Å². The van der Waals surface area contributed by atoms with E-state index in [-0.39, 0.29) is 0 Å². The summed E-state index contributed by atoms with van der Waals surface area (Å²) < 4.78 is 0. The maximum atomic E-state index is 11.1. The molecule has 1 rings (SSSR count). The van der Waals surface area contributed by atoms with E-state index in [1.54, 1.807) is 0 Å². The summed E-state index contributed by atoms with van der Waals surface area (Å²) in [7, 11) is 0. The predicted octanol–water partition coefficient (Wildman–Crippen LogP) is 0.508. The molecule has 0 spiro atoms. The Morgan fingerprint density at radius 3 is 2.44 bits per heavy atom. The van der Waals surface area contributed by atoms with Crippen molar-refractivity contribution in [3.63, 3.8) is 0 Å². The molecule has 16 heavy (non-hydrogen) atoms. The third-order valence-electron chi connectivity index (χ3n) is 2.62. The molecule has 0 aromatic heterocycles. The van der Waals surface area contributed by atoms with E-state index in [0.717, 1.165) is 19.1 Å². The summed E-state index contributed by atoms with van der Waals surface area (Å²) in [5.74, 6) is -4.39. The molecule has 0 fully saturated rings. The van der Waals surface area contributed by atoms with Crippen molar-refractivity contribution in [1.82, 2.24) is 0 Å². The molecule has 0 amide bonds. The molecule has 7 heteroatoms. The summed E-state index contributed by atoms with van der Waals surface area (Å²) in [6.07, 6.45) is 3.32. The van der Waals surface area contributed by atoms with Gasteiger partial charge < -0.3 is 10.2 Å². The fraction of sp³-hybridized carbons (Fsp3) is 0.333. The van der Waals surface area contributed by atoms with E-state index in [1.807, 2.05) is 0 Å². The van der Waals surface area contributed by atoms with Crippen molar-refractivity contribution in [3.8, 4) is 0 Å². The Hall–Kier alpha value is -2.18. The van der Waals surface area contributed by atoms with Crippen LogP contribution in [0.3, 0.4) is 0 Å². The lowest BCUT2D eigenvalue weighted by Crippen LogP contribution is -2.44. The van der Waals surface area contributed by atoms with Crippen LogP contribution in [0.1, 0.15) is 6.92 Å². The average Bonchev–Trinajstić information content (AvgIpc) is 2.16. The zero-order valence-corrected chi connectivity index (χ0v) is 8.28. The second-order valence-corrected chi connectivity index (χ2v) is 3.52. The minimum Gasteiger partial charge on any atom is -0.481 e. The highest BCUT2D eigenvalue weighted by Crippen LogP contribution is 2.39. The van der Waals surface area contributed by atoms with Crippen LogP contribution in [0.15, 0.2) is 23.9 Å². The van der Waals surface area contributed by atoms with Crippen molar-refractivity contribution in [2.45, 2.75) is 6.92 Å². The van der Waals surface area contributed by atoms with Crippen molar-refractivity contribution in [3.05, 3.63) is 34.0 Å². The second-order valence-electron chi connectivity index (χ2n) is 3.52. The van der Waals surface area contributed by atoms with Gasteiger partial charge in [-0.05, 0) is 6.92 Å². The van der Waals surface area contributed by atoms with Gasteiger partial charge in [0.15, 0.2) is 5.41 Å². The normalized spacial score (nSPS) is 28.3. The topological polar surface area (TPSA) is 118 Å². The highest BCUT2D eigenvalue weighted by atomic mass is 16.6. The number of allylic oxidation sites excluding steroid dienone is 2. The van der Waals surface area contributed by atoms with Gasteiger partial charge in [0.05, 0.1) is 4.92 Å². The van der Waals surface area contributed by atoms with Crippen LogP contribution in [0.25, 0.3) is 0 Å². The largest absolute Gasteiger partial charge is 0.481 e. The Bertz CT molecular complexity index is 424. The summed E-state index contributed by atoms with van der Waals surface area (Å²) in [4.78, 5) is 31.8. The molecular formula is C9H9NO6. The van der Waals surface area contributed by atoms with Gasteiger partial charge in [-0.2, -0.15) is 0 Å². The van der Waals surface area contributed by atoms with Crippen molar-refractivity contribution < 1.29 is 24.7 Å². The molecule has 2 N–H and O–H groups in total. The van der Waals surface area contributed by atoms with E-state index in [9.17, 15) is 19.7 Å². The number of aliphatic carboxylic acids is 2. The lowest BCUT2D eigenvalue weighted by Gasteiger charge is -2.28. The van der Waals surface area contributed by atoms with E-state index < -0.39 is 33.9 Å². The van der Waals surface area contributed by atoms with Gasteiger partial charge in [0, 0.05) is 6.08 Å². The van der Waals surface area contributed by atoms with E-state index in [2.05, 4.69) is 0 Å². The average molecular weight is 227 g/mol. The van der Waals surface area contributed by atoms with Gasteiger partial charge in [-0.25, -0.2) is 0 Å². The minimum absolute atomic E-state index is 0.630. The molecule has 2 atom stereocenters. The SMILES string of the molecule is CC1(C(=O)O)C([N+](=O)[O-])=CC=CC1C(=O)O. The molecule has 0 saturated heterocycles. The fourth-order valence-corrected chi connectivity index (χ4v) is 1.61. The van der Waals surface area contributed by atoms with Crippen LogP contribution in [-0.4, -0.2) is 27.1 Å². The number of carboxylic acids is 2. The highest BCUT2D eigenvalue weighted by Gasteiger charge is 2.54. The number of nitro groups is 1. The van der Waals surface area contributed by atoms with Crippen LogP contribution in [0.2, 0.25) is 0 Å². The summed E-state index contributed by atoms with van der Waals surface area (Å²) in [5.41, 5.74) is -2.68. The number of carboxylic acid groups (broad SMARTS) is 2. The molecule has 1 aliphatic rings. The first-order valence-electron chi connectivity index (χ1n) is 4.31. The molecule has 0 aliphatic heterocycles. The maximum Gasteiger partial charge on any atom is 0.321 e. The van der Waals surface area contributed by atoms with Gasteiger partial charge in [-0.3, -0.25) is 19.7 Å². The van der Waals surface area contributed by atoms with Gasteiger partial charge in [0.1, 0.15) is 5.92 Å². The Kier molecular flexibility index (Phi) is 2.80. The third kappa shape index (κ3) is 1.56. The number of nitrogens with zero attached hydrogens (tertiary/aromatic N) is 1. The quantitative estimate of drug-likeness (QED) is 0.535. The predicted molar refractivity (Wildman–Crippen MR) is 51.1 cm³/mol. The Morgan fingerprint density at radius 1 is 1.50 bits per heavy atom. The standard InChI is InChI=1S/C9H9NO6/c1-9(8(13)14)5(7(11)12)3-2-4-6(9)10(15)16/h2-5H,1H3,(H,11,12)(H,13,14). The molecule has 0 heterocycles. The first kappa shape index (κ1) is 11.9. The van der Waals surface area contributed by atoms with Crippen molar-refractivity contribution in [1.29, 1.82) is 0 Å². The molecule has 0 bridgehead atoms. The molecule has 1 aliphatic carbocycles. The number of hydrogen-bond donors (Lipinski definition) is 2. The first-order chi connectivity index (χ1) is 7.31. The lowest BCUT2D eigenvalue weighted by atomic mass is 9.72. The fourth-order valence-electron chi connectivity index (χ4n) is 1.61. The Labute approximate surface area is 89.8 Å². The number of hydrogen-bond acceptors (Lipinski definition) is 4. The van der Waals surface area contributed by atoms with Crippen molar-refractivity contribution in [2.24, 2.45) is 11.3 Å². The maximum absolute atomic E-state index is 11.1. The number of rotatable bonds is 3. The van der Waals surface area contributed by atoms with E-state index in [4.69, 9.17) is 10.2 Å². The van der Waals surface area contributed by atoms with Gasteiger partial charge in [-0.15, -0.1) is 0 Å².